The zero-order valence-corrected chi connectivity index (χ0v) is 10.6. The van der Waals surface area contributed by atoms with Crippen LogP contribution in [0.3, 0.4) is 0 Å². The van der Waals surface area contributed by atoms with Crippen LogP contribution in [0, 0.1) is 0 Å². The number of rotatable bonds is 3. The van der Waals surface area contributed by atoms with Gasteiger partial charge in [-0.3, -0.25) is 4.79 Å². The minimum absolute atomic E-state index is 0.0317. The van der Waals surface area contributed by atoms with E-state index < -0.39 is 0 Å². The first-order valence-electron chi connectivity index (χ1n) is 5.88. The van der Waals surface area contributed by atoms with Crippen molar-refractivity contribution in [1.82, 2.24) is 5.32 Å². The van der Waals surface area contributed by atoms with Gasteiger partial charge in [0.05, 0.1) is 6.54 Å². The number of nitrogens with one attached hydrogen (secondary N) is 1. The summed E-state index contributed by atoms with van der Waals surface area (Å²) < 4.78 is 5.76. The second-order valence-electron chi connectivity index (χ2n) is 4.27. The Morgan fingerprint density at radius 3 is 3.06 bits per heavy atom. The van der Waals surface area contributed by atoms with E-state index in [2.05, 4.69) is 11.4 Å². The van der Waals surface area contributed by atoms with E-state index in [1.165, 1.54) is 16.9 Å². The summed E-state index contributed by atoms with van der Waals surface area (Å²) in [4.78, 5) is 11.8. The lowest BCUT2D eigenvalue weighted by atomic mass is 10.1. The van der Waals surface area contributed by atoms with Gasteiger partial charge in [0.15, 0.2) is 0 Å². The quantitative estimate of drug-likeness (QED) is 0.919. The molecule has 0 aliphatic carbocycles. The van der Waals surface area contributed by atoms with E-state index in [4.69, 9.17) is 4.74 Å². The first kappa shape index (κ1) is 11.3. The summed E-state index contributed by atoms with van der Waals surface area (Å²) >= 11 is 1.52. The molecule has 0 fully saturated rings. The molecule has 18 heavy (non-hydrogen) atoms. The van der Waals surface area contributed by atoms with Crippen LogP contribution in [0.1, 0.15) is 15.9 Å². The maximum Gasteiger partial charge on any atom is 0.252 e. The van der Waals surface area contributed by atoms with E-state index in [-0.39, 0.29) is 12.0 Å². The summed E-state index contributed by atoms with van der Waals surface area (Å²) in [6.45, 7) is 0.545. The van der Waals surface area contributed by atoms with Crippen LogP contribution in [0.4, 0.5) is 0 Å². The van der Waals surface area contributed by atoms with Crippen LogP contribution in [0.5, 0.6) is 5.75 Å². The number of thiophene rings is 1. The fourth-order valence-corrected chi connectivity index (χ4v) is 2.71. The van der Waals surface area contributed by atoms with E-state index in [9.17, 15) is 4.79 Å². The normalized spacial score (nSPS) is 17.0. The molecule has 0 radical (unpaired) electrons. The standard InChI is InChI=1S/C14H13NO2S/c16-14(11-5-6-18-9-11)15-8-12-7-10-3-1-2-4-13(10)17-12/h1-6,9,12H,7-8H2,(H,15,16). The summed E-state index contributed by atoms with van der Waals surface area (Å²) in [6.07, 6.45) is 0.907. The second kappa shape index (κ2) is 4.82. The average Bonchev–Trinajstić information content (AvgIpc) is 3.04. The highest BCUT2D eigenvalue weighted by Crippen LogP contribution is 2.27. The predicted octanol–water partition coefficient (Wildman–Crippen LogP) is 2.48. The molecule has 1 aromatic carbocycles. The third-order valence-electron chi connectivity index (χ3n) is 2.99. The summed E-state index contributed by atoms with van der Waals surface area (Å²) in [5.74, 6) is 0.906. The van der Waals surface area contributed by atoms with Gasteiger partial charge < -0.3 is 10.1 Å². The smallest absolute Gasteiger partial charge is 0.252 e. The van der Waals surface area contributed by atoms with E-state index >= 15 is 0 Å². The van der Waals surface area contributed by atoms with Gasteiger partial charge in [-0.15, -0.1) is 0 Å². The maximum atomic E-state index is 11.8. The molecular weight excluding hydrogens is 246 g/mol. The van der Waals surface area contributed by atoms with Crippen molar-refractivity contribution >= 4 is 17.2 Å². The lowest BCUT2D eigenvalue weighted by molar-refractivity contribution is 0.0934. The Morgan fingerprint density at radius 2 is 2.28 bits per heavy atom. The van der Waals surface area contributed by atoms with Gasteiger partial charge >= 0.3 is 0 Å². The fourth-order valence-electron chi connectivity index (χ4n) is 2.07. The van der Waals surface area contributed by atoms with Crippen molar-refractivity contribution in [2.24, 2.45) is 0 Å². The Bertz CT molecular complexity index is 526. The van der Waals surface area contributed by atoms with Gasteiger partial charge in [0.1, 0.15) is 11.9 Å². The predicted molar refractivity (Wildman–Crippen MR) is 71.2 cm³/mol. The Kier molecular flexibility index (Phi) is 3.02. The number of benzene rings is 1. The molecule has 0 spiro atoms. The Hall–Kier alpha value is -1.81. The van der Waals surface area contributed by atoms with E-state index in [0.717, 1.165) is 17.7 Å². The van der Waals surface area contributed by atoms with Crippen LogP contribution in [0.15, 0.2) is 41.1 Å². The molecule has 2 aromatic rings. The SMILES string of the molecule is O=C(NCC1Cc2ccccc2O1)c1ccsc1. The second-order valence-corrected chi connectivity index (χ2v) is 5.05. The first-order chi connectivity index (χ1) is 8.83. The van der Waals surface area contributed by atoms with Crippen LogP contribution >= 0.6 is 11.3 Å². The number of ether oxygens (including phenoxy) is 1. The molecule has 1 aliphatic heterocycles. The third kappa shape index (κ3) is 2.24. The van der Waals surface area contributed by atoms with Gasteiger partial charge in [0.25, 0.3) is 5.91 Å². The van der Waals surface area contributed by atoms with Gasteiger partial charge in [0, 0.05) is 17.4 Å². The summed E-state index contributed by atoms with van der Waals surface area (Å²) in [7, 11) is 0. The van der Waals surface area contributed by atoms with Crippen LogP contribution in [0.2, 0.25) is 0 Å². The molecule has 0 bridgehead atoms. The molecule has 1 amide bonds. The molecule has 1 aromatic heterocycles. The van der Waals surface area contributed by atoms with E-state index in [0.29, 0.717) is 6.54 Å². The molecule has 2 heterocycles. The number of hydrogen-bond donors (Lipinski definition) is 1. The molecule has 1 unspecified atom stereocenters. The van der Waals surface area contributed by atoms with Crippen LogP contribution < -0.4 is 10.1 Å². The largest absolute Gasteiger partial charge is 0.488 e. The monoisotopic (exact) mass is 259 g/mol. The number of carbonyl (C=O) groups is 1. The zero-order chi connectivity index (χ0) is 12.4. The molecule has 92 valence electrons. The first-order valence-corrected chi connectivity index (χ1v) is 6.82. The number of amides is 1. The number of hydrogen-bond acceptors (Lipinski definition) is 3. The minimum Gasteiger partial charge on any atom is -0.488 e. The van der Waals surface area contributed by atoms with Crippen LogP contribution in [-0.2, 0) is 6.42 Å². The highest BCUT2D eigenvalue weighted by Gasteiger charge is 2.22. The van der Waals surface area contributed by atoms with Crippen molar-refractivity contribution in [1.29, 1.82) is 0 Å². The van der Waals surface area contributed by atoms with Gasteiger partial charge in [-0.25, -0.2) is 0 Å². The van der Waals surface area contributed by atoms with Crippen LogP contribution in [-0.4, -0.2) is 18.6 Å². The lowest BCUT2D eigenvalue weighted by Gasteiger charge is -2.11. The van der Waals surface area contributed by atoms with Gasteiger partial charge in [0.2, 0.25) is 0 Å². The number of fused-ring (bicyclic) bond motifs is 1. The van der Waals surface area contributed by atoms with Crippen molar-refractivity contribution in [3.63, 3.8) is 0 Å². The number of carbonyl (C=O) groups excluding carboxylic acids is 1. The molecule has 4 heteroatoms. The Labute approximate surface area is 109 Å². The number of para-hydroxylation sites is 1. The lowest BCUT2D eigenvalue weighted by Crippen LogP contribution is -2.34. The highest BCUT2D eigenvalue weighted by molar-refractivity contribution is 7.08. The van der Waals surface area contributed by atoms with Gasteiger partial charge in [-0.1, -0.05) is 18.2 Å². The molecule has 0 saturated heterocycles. The maximum absolute atomic E-state index is 11.8. The van der Waals surface area contributed by atoms with E-state index in [1.54, 1.807) is 0 Å². The average molecular weight is 259 g/mol. The topological polar surface area (TPSA) is 38.3 Å². The Balaban J connectivity index is 1.56. The molecule has 0 saturated carbocycles. The van der Waals surface area contributed by atoms with Crippen molar-refractivity contribution in [3.05, 3.63) is 52.2 Å². The molecule has 1 atom stereocenters. The molecular formula is C14H13NO2S. The van der Waals surface area contributed by atoms with Crippen molar-refractivity contribution in [2.75, 3.05) is 6.54 Å². The van der Waals surface area contributed by atoms with Gasteiger partial charge in [-0.2, -0.15) is 11.3 Å². The molecule has 3 nitrogen and oxygen atoms in total. The Morgan fingerprint density at radius 1 is 1.39 bits per heavy atom. The van der Waals surface area contributed by atoms with Crippen molar-refractivity contribution < 1.29 is 9.53 Å². The summed E-state index contributed by atoms with van der Waals surface area (Å²) in [5.41, 5.74) is 1.93. The zero-order valence-electron chi connectivity index (χ0n) is 9.76. The molecule has 1 aliphatic rings. The van der Waals surface area contributed by atoms with Crippen molar-refractivity contribution in [2.45, 2.75) is 12.5 Å². The minimum atomic E-state index is -0.0317. The van der Waals surface area contributed by atoms with Gasteiger partial charge in [-0.05, 0) is 23.1 Å². The van der Waals surface area contributed by atoms with Crippen LogP contribution in [0.25, 0.3) is 0 Å². The highest BCUT2D eigenvalue weighted by atomic mass is 32.1. The summed E-state index contributed by atoms with van der Waals surface area (Å²) in [6, 6.07) is 9.83. The summed E-state index contributed by atoms with van der Waals surface area (Å²) in [5, 5.41) is 6.65. The third-order valence-corrected chi connectivity index (χ3v) is 3.67. The molecule has 1 N–H and O–H groups in total. The van der Waals surface area contributed by atoms with Crippen molar-refractivity contribution in [3.8, 4) is 5.75 Å². The molecule has 3 rings (SSSR count). The fraction of sp³-hybridized carbons (Fsp3) is 0.214. The van der Waals surface area contributed by atoms with E-state index in [1.807, 2.05) is 35.0 Å².